The third-order valence-electron chi connectivity index (χ3n) is 5.27. The first-order valence-corrected chi connectivity index (χ1v) is 11.3. The number of hydrogen-bond acceptors (Lipinski definition) is 8. The molecule has 9 nitrogen and oxygen atoms in total. The summed E-state index contributed by atoms with van der Waals surface area (Å²) in [6, 6.07) is 5.09. The van der Waals surface area contributed by atoms with Gasteiger partial charge >= 0.3 is 0 Å². The lowest BCUT2D eigenvalue weighted by Crippen LogP contribution is -2.28. The number of furan rings is 1. The average molecular weight is 457 g/mol. The summed E-state index contributed by atoms with van der Waals surface area (Å²) in [5.41, 5.74) is 2.13. The molecule has 0 saturated heterocycles. The highest BCUT2D eigenvalue weighted by molar-refractivity contribution is 7.14. The first-order chi connectivity index (χ1) is 15.0. The van der Waals surface area contributed by atoms with Gasteiger partial charge in [0.15, 0.2) is 16.9 Å². The standard InChI is InChI=1S/C21H28BN5O4S/c1-10(2)17(15-9-11(3)12(4)31-15)24-20-19(25-32(30)26-20)23-14-8-7-13(22)16(18(14)28)21(29)27(5)6/h7-10,17,28H,22H2,1-6H3,(H,23,25)(H,24,26)/t17-,32?/m1/s1. The number of nitrogens with one attached hydrogen (secondary N) is 2. The maximum absolute atomic E-state index is 12.5. The molecule has 1 unspecified atom stereocenters. The fourth-order valence-corrected chi connectivity index (χ4v) is 3.95. The molecule has 11 heteroatoms. The van der Waals surface area contributed by atoms with E-state index >= 15 is 0 Å². The van der Waals surface area contributed by atoms with Crippen LogP contribution in [0.2, 0.25) is 0 Å². The lowest BCUT2D eigenvalue weighted by atomic mass is 9.88. The van der Waals surface area contributed by atoms with Crippen molar-refractivity contribution in [1.29, 1.82) is 0 Å². The Balaban J connectivity index is 1.95. The molecule has 2 aromatic heterocycles. The molecule has 3 rings (SSSR count). The van der Waals surface area contributed by atoms with Gasteiger partial charge in [0.1, 0.15) is 19.4 Å². The second kappa shape index (κ2) is 9.21. The topological polar surface area (TPSA) is 127 Å². The van der Waals surface area contributed by atoms with Crippen molar-refractivity contribution in [2.75, 3.05) is 24.7 Å². The minimum absolute atomic E-state index is 0.134. The van der Waals surface area contributed by atoms with Crippen LogP contribution >= 0.6 is 11.1 Å². The van der Waals surface area contributed by atoms with Crippen molar-refractivity contribution < 1.29 is 18.9 Å². The van der Waals surface area contributed by atoms with Gasteiger partial charge in [0.05, 0.1) is 17.3 Å². The van der Waals surface area contributed by atoms with Crippen LogP contribution in [0, 0.1) is 19.8 Å². The van der Waals surface area contributed by atoms with Crippen LogP contribution in [0.25, 0.3) is 0 Å². The number of anilines is 3. The summed E-state index contributed by atoms with van der Waals surface area (Å²) in [5.74, 6) is 1.67. The van der Waals surface area contributed by atoms with Crippen LogP contribution in [0.5, 0.6) is 5.75 Å². The molecule has 3 aromatic rings. The van der Waals surface area contributed by atoms with E-state index in [0.717, 1.165) is 17.1 Å². The molecular formula is C21H28BN5O4S. The second-order valence-electron chi connectivity index (χ2n) is 8.34. The highest BCUT2D eigenvalue weighted by Gasteiger charge is 2.27. The van der Waals surface area contributed by atoms with Crippen LogP contribution in [0.3, 0.4) is 0 Å². The molecule has 32 heavy (non-hydrogen) atoms. The third kappa shape index (κ3) is 4.73. The van der Waals surface area contributed by atoms with Gasteiger partial charge in [0.25, 0.3) is 5.91 Å². The van der Waals surface area contributed by atoms with Gasteiger partial charge in [-0.3, -0.25) is 4.79 Å². The van der Waals surface area contributed by atoms with Crippen molar-refractivity contribution in [3.05, 3.63) is 40.8 Å². The van der Waals surface area contributed by atoms with Gasteiger partial charge in [-0.05, 0) is 37.5 Å². The van der Waals surface area contributed by atoms with Crippen molar-refractivity contribution in [2.24, 2.45) is 5.92 Å². The number of carbonyl (C=O) groups excluding carboxylic acids is 1. The van der Waals surface area contributed by atoms with Crippen LogP contribution in [0.1, 0.15) is 47.3 Å². The monoisotopic (exact) mass is 457 g/mol. The first-order valence-electron chi connectivity index (χ1n) is 10.2. The van der Waals surface area contributed by atoms with Crippen LogP contribution in [-0.2, 0) is 0 Å². The lowest BCUT2D eigenvalue weighted by Gasteiger charge is -2.20. The number of benzene rings is 1. The molecule has 2 atom stereocenters. The van der Waals surface area contributed by atoms with Crippen LogP contribution in [0.15, 0.2) is 22.6 Å². The molecule has 0 bridgehead atoms. The van der Waals surface area contributed by atoms with Crippen molar-refractivity contribution in [1.82, 2.24) is 13.6 Å². The van der Waals surface area contributed by atoms with Gasteiger partial charge in [-0.2, -0.15) is 0 Å². The third-order valence-corrected chi connectivity index (χ3v) is 5.95. The number of phenolic OH excluding ortho intramolecular Hbond substituents is 1. The Bertz CT molecular complexity index is 1120. The molecule has 170 valence electrons. The zero-order chi connectivity index (χ0) is 23.7. The second-order valence-corrected chi connectivity index (χ2v) is 9.17. The molecule has 0 fully saturated rings. The van der Waals surface area contributed by atoms with Gasteiger partial charge in [0.2, 0.25) is 11.6 Å². The highest BCUT2D eigenvalue weighted by Crippen LogP contribution is 2.36. The summed E-state index contributed by atoms with van der Waals surface area (Å²) in [6.45, 7) is 7.95. The summed E-state index contributed by atoms with van der Waals surface area (Å²) < 4.78 is 26.1. The van der Waals surface area contributed by atoms with Gasteiger partial charge in [-0.15, -0.1) is 0 Å². The number of rotatable bonds is 7. The van der Waals surface area contributed by atoms with Crippen molar-refractivity contribution >= 4 is 47.7 Å². The zero-order valence-electron chi connectivity index (χ0n) is 19.3. The molecule has 3 N–H and O–H groups in total. The van der Waals surface area contributed by atoms with E-state index < -0.39 is 11.1 Å². The molecular weight excluding hydrogens is 429 g/mol. The Labute approximate surface area is 191 Å². The minimum atomic E-state index is -1.81. The van der Waals surface area contributed by atoms with Crippen LogP contribution in [0.4, 0.5) is 17.3 Å². The summed E-state index contributed by atoms with van der Waals surface area (Å²) in [5, 5.41) is 17.0. The number of amides is 1. The van der Waals surface area contributed by atoms with Crippen LogP contribution < -0.4 is 16.1 Å². The van der Waals surface area contributed by atoms with E-state index in [1.807, 2.05) is 33.8 Å². The first kappa shape index (κ1) is 23.6. The van der Waals surface area contributed by atoms with E-state index in [4.69, 9.17) is 4.42 Å². The maximum atomic E-state index is 12.5. The summed E-state index contributed by atoms with van der Waals surface area (Å²) in [4.78, 5) is 13.9. The Hall–Kier alpha value is -3.05. The van der Waals surface area contributed by atoms with Crippen molar-refractivity contribution in [2.45, 2.75) is 33.7 Å². The number of aryl methyl sites for hydroxylation is 2. The fraction of sp³-hybridized carbons (Fsp3) is 0.381. The van der Waals surface area contributed by atoms with Crippen molar-refractivity contribution in [3.8, 4) is 5.75 Å². The van der Waals surface area contributed by atoms with Gasteiger partial charge in [-0.25, -0.2) is 0 Å². The minimum Gasteiger partial charge on any atom is -0.546 e. The zero-order valence-corrected chi connectivity index (χ0v) is 20.1. The van der Waals surface area contributed by atoms with E-state index in [1.165, 1.54) is 4.90 Å². The average Bonchev–Trinajstić information content (AvgIpc) is 3.22. The largest absolute Gasteiger partial charge is 0.546 e. The predicted octanol–water partition coefficient (Wildman–Crippen LogP) is 2.63. The predicted molar refractivity (Wildman–Crippen MR) is 128 cm³/mol. The van der Waals surface area contributed by atoms with Gasteiger partial charge < -0.3 is 29.6 Å². The normalized spacial score (nSPS) is 12.7. The number of phenols is 1. The Kier molecular flexibility index (Phi) is 6.80. The molecule has 0 aliphatic rings. The van der Waals surface area contributed by atoms with E-state index in [0.29, 0.717) is 5.46 Å². The summed E-state index contributed by atoms with van der Waals surface area (Å²) in [6.07, 6.45) is 0. The molecule has 2 heterocycles. The van der Waals surface area contributed by atoms with E-state index in [1.54, 1.807) is 34.1 Å². The van der Waals surface area contributed by atoms with E-state index in [9.17, 15) is 14.5 Å². The van der Waals surface area contributed by atoms with Gasteiger partial charge in [0, 0.05) is 22.8 Å². The number of aromatic hydroxyl groups is 1. The highest BCUT2D eigenvalue weighted by atomic mass is 32.2. The van der Waals surface area contributed by atoms with Gasteiger partial charge in [-0.1, -0.05) is 25.4 Å². The Morgan fingerprint density at radius 3 is 2.47 bits per heavy atom. The molecule has 0 spiro atoms. The fourth-order valence-electron chi connectivity index (χ4n) is 3.32. The van der Waals surface area contributed by atoms with Crippen molar-refractivity contribution in [3.63, 3.8) is 0 Å². The summed E-state index contributed by atoms with van der Waals surface area (Å²) in [7, 11) is 4.98. The van der Waals surface area contributed by atoms with E-state index in [2.05, 4.69) is 19.4 Å². The number of aromatic nitrogens is 2. The summed E-state index contributed by atoms with van der Waals surface area (Å²) >= 11 is -1.81. The van der Waals surface area contributed by atoms with Crippen LogP contribution in [-0.4, -0.2) is 51.2 Å². The molecule has 1 aromatic carbocycles. The smallest absolute Gasteiger partial charge is 0.256 e. The molecule has 0 aliphatic heterocycles. The maximum Gasteiger partial charge on any atom is 0.256 e. The quantitative estimate of drug-likeness (QED) is 0.281. The lowest BCUT2D eigenvalue weighted by molar-refractivity contribution is 0.0826. The van der Waals surface area contributed by atoms with E-state index in [-0.39, 0.29) is 46.5 Å². The SMILES string of the molecule is Bc1ccc(Nc2n[s+]([O-])nc2N[C@@H](c2cc(C)c(C)o2)C(C)C)c(O)c1C(=O)N(C)C. The number of hydrogen-bond donors (Lipinski definition) is 3. The molecule has 0 saturated carbocycles. The molecule has 0 radical (unpaired) electrons. The Morgan fingerprint density at radius 1 is 1.25 bits per heavy atom. The molecule has 0 aliphatic carbocycles. The number of nitrogens with zero attached hydrogens (tertiary/aromatic N) is 3. The Morgan fingerprint density at radius 2 is 1.91 bits per heavy atom. The number of carbonyl (C=O) groups is 1. The molecule has 1 amide bonds.